The zero-order valence-electron chi connectivity index (χ0n) is 10.8. The number of hydrogen-bond donors (Lipinski definition) is 1. The van der Waals surface area contributed by atoms with E-state index in [0.29, 0.717) is 6.10 Å². The first-order valence-electron chi connectivity index (χ1n) is 6.08. The van der Waals surface area contributed by atoms with E-state index in [0.717, 1.165) is 25.1 Å². The molecule has 90 valence electrons. The van der Waals surface area contributed by atoms with E-state index in [4.69, 9.17) is 4.74 Å². The molecule has 2 nitrogen and oxygen atoms in total. The van der Waals surface area contributed by atoms with Crippen molar-refractivity contribution in [1.29, 1.82) is 0 Å². The molecule has 1 atom stereocenters. The molecule has 0 aliphatic carbocycles. The summed E-state index contributed by atoms with van der Waals surface area (Å²) in [6, 6.07) is 6.31. The first-order valence-corrected chi connectivity index (χ1v) is 6.08. The number of nitrogens with one attached hydrogen (secondary N) is 1. The lowest BCUT2D eigenvalue weighted by molar-refractivity contribution is 0.206. The highest BCUT2D eigenvalue weighted by molar-refractivity contribution is 5.40. The fourth-order valence-electron chi connectivity index (χ4n) is 1.88. The van der Waals surface area contributed by atoms with E-state index in [1.54, 1.807) is 0 Å². The van der Waals surface area contributed by atoms with Crippen LogP contribution < -0.4 is 10.1 Å². The van der Waals surface area contributed by atoms with Crippen LogP contribution in [0.5, 0.6) is 5.75 Å². The number of aryl methyl sites for hydroxylation is 1. The lowest BCUT2D eigenvalue weighted by atomic mass is 10.1. The van der Waals surface area contributed by atoms with Crippen molar-refractivity contribution in [3.05, 3.63) is 29.3 Å². The van der Waals surface area contributed by atoms with Crippen LogP contribution in [0.1, 0.15) is 37.8 Å². The lowest BCUT2D eigenvalue weighted by Crippen LogP contribution is -2.15. The molecule has 0 heterocycles. The van der Waals surface area contributed by atoms with Gasteiger partial charge in [-0.2, -0.15) is 0 Å². The molecule has 1 unspecified atom stereocenters. The Labute approximate surface area is 99.0 Å². The molecule has 0 saturated heterocycles. The zero-order chi connectivity index (χ0) is 12.0. The molecule has 0 saturated carbocycles. The van der Waals surface area contributed by atoms with E-state index in [-0.39, 0.29) is 0 Å². The van der Waals surface area contributed by atoms with E-state index in [1.807, 2.05) is 7.05 Å². The highest BCUT2D eigenvalue weighted by Gasteiger charge is 2.09. The largest absolute Gasteiger partial charge is 0.490 e. The van der Waals surface area contributed by atoms with E-state index < -0.39 is 0 Å². The van der Waals surface area contributed by atoms with Crippen LogP contribution in [0.15, 0.2) is 18.2 Å². The minimum Gasteiger partial charge on any atom is -0.490 e. The Hall–Kier alpha value is -1.02. The van der Waals surface area contributed by atoms with Gasteiger partial charge in [0.2, 0.25) is 0 Å². The second-order valence-electron chi connectivity index (χ2n) is 4.31. The number of benzene rings is 1. The van der Waals surface area contributed by atoms with Gasteiger partial charge in [-0.3, -0.25) is 0 Å². The summed E-state index contributed by atoms with van der Waals surface area (Å²) in [5.74, 6) is 1.05. The Kier molecular flexibility index (Phi) is 5.33. The third-order valence-electron chi connectivity index (χ3n) is 2.67. The lowest BCUT2D eigenvalue weighted by Gasteiger charge is -2.19. The van der Waals surface area contributed by atoms with Gasteiger partial charge in [0, 0.05) is 12.1 Å². The summed E-state index contributed by atoms with van der Waals surface area (Å²) in [6.07, 6.45) is 2.56. The van der Waals surface area contributed by atoms with Crippen LogP contribution in [0.2, 0.25) is 0 Å². The topological polar surface area (TPSA) is 21.3 Å². The Morgan fingerprint density at radius 2 is 2.12 bits per heavy atom. The van der Waals surface area contributed by atoms with Crippen molar-refractivity contribution in [3.63, 3.8) is 0 Å². The molecular weight excluding hydrogens is 198 g/mol. The second kappa shape index (κ2) is 6.54. The molecule has 0 aliphatic heterocycles. The minimum atomic E-state index is 0.293. The summed E-state index contributed by atoms with van der Waals surface area (Å²) in [4.78, 5) is 0. The first kappa shape index (κ1) is 13.0. The summed E-state index contributed by atoms with van der Waals surface area (Å²) in [6.45, 7) is 7.29. The van der Waals surface area contributed by atoms with Gasteiger partial charge in [0.15, 0.2) is 0 Å². The Morgan fingerprint density at radius 3 is 2.75 bits per heavy atom. The number of rotatable bonds is 6. The molecule has 0 spiro atoms. The molecule has 0 amide bonds. The van der Waals surface area contributed by atoms with Crippen LogP contribution in [-0.4, -0.2) is 13.2 Å². The summed E-state index contributed by atoms with van der Waals surface area (Å²) < 4.78 is 6.03. The third kappa shape index (κ3) is 3.53. The van der Waals surface area contributed by atoms with Crippen molar-refractivity contribution in [2.45, 2.75) is 46.3 Å². The summed E-state index contributed by atoms with van der Waals surface area (Å²) in [5.41, 5.74) is 2.46. The molecule has 1 aromatic carbocycles. The zero-order valence-corrected chi connectivity index (χ0v) is 10.8. The first-order chi connectivity index (χ1) is 7.69. The van der Waals surface area contributed by atoms with Gasteiger partial charge in [-0.25, -0.2) is 0 Å². The molecule has 1 N–H and O–H groups in total. The van der Waals surface area contributed by atoms with Gasteiger partial charge >= 0.3 is 0 Å². The summed E-state index contributed by atoms with van der Waals surface area (Å²) in [7, 11) is 1.96. The average Bonchev–Trinajstić information content (AvgIpc) is 2.24. The second-order valence-corrected chi connectivity index (χ2v) is 4.31. The van der Waals surface area contributed by atoms with Crippen molar-refractivity contribution in [2.75, 3.05) is 7.05 Å². The normalized spacial score (nSPS) is 12.5. The Morgan fingerprint density at radius 1 is 1.38 bits per heavy atom. The van der Waals surface area contributed by atoms with E-state index >= 15 is 0 Å². The fourth-order valence-corrected chi connectivity index (χ4v) is 1.88. The number of hydrogen-bond acceptors (Lipinski definition) is 2. The average molecular weight is 221 g/mol. The molecule has 0 radical (unpaired) electrons. The molecule has 16 heavy (non-hydrogen) atoms. The predicted molar refractivity (Wildman–Crippen MR) is 68.9 cm³/mol. The maximum absolute atomic E-state index is 6.03. The van der Waals surface area contributed by atoms with E-state index in [1.165, 1.54) is 11.1 Å². The summed E-state index contributed by atoms with van der Waals surface area (Å²) >= 11 is 0. The standard InChI is InChI=1S/C14H23NO/c1-5-7-12(3)16-14-11(2)8-6-9-13(14)10-15-4/h6,8-9,12,15H,5,7,10H2,1-4H3. The Bertz CT molecular complexity index is 323. The Balaban J connectivity index is 2.83. The van der Waals surface area contributed by atoms with Crippen LogP contribution in [0.25, 0.3) is 0 Å². The molecule has 0 aromatic heterocycles. The van der Waals surface area contributed by atoms with Crippen LogP contribution >= 0.6 is 0 Å². The molecule has 0 aliphatic rings. The molecule has 1 aromatic rings. The van der Waals surface area contributed by atoms with E-state index in [9.17, 15) is 0 Å². The number of para-hydroxylation sites is 1. The highest BCUT2D eigenvalue weighted by atomic mass is 16.5. The van der Waals surface area contributed by atoms with Crippen molar-refractivity contribution >= 4 is 0 Å². The molecule has 2 heteroatoms. The van der Waals surface area contributed by atoms with Crippen LogP contribution in [0.3, 0.4) is 0 Å². The van der Waals surface area contributed by atoms with Gasteiger partial charge in [0.25, 0.3) is 0 Å². The van der Waals surface area contributed by atoms with Gasteiger partial charge in [-0.15, -0.1) is 0 Å². The fraction of sp³-hybridized carbons (Fsp3) is 0.571. The minimum absolute atomic E-state index is 0.293. The van der Waals surface area contributed by atoms with E-state index in [2.05, 4.69) is 44.3 Å². The monoisotopic (exact) mass is 221 g/mol. The smallest absolute Gasteiger partial charge is 0.127 e. The summed E-state index contributed by atoms with van der Waals surface area (Å²) in [5, 5.41) is 3.18. The third-order valence-corrected chi connectivity index (χ3v) is 2.67. The molecule has 0 bridgehead atoms. The van der Waals surface area contributed by atoms with Crippen molar-refractivity contribution < 1.29 is 4.74 Å². The van der Waals surface area contributed by atoms with Gasteiger partial charge in [-0.05, 0) is 32.9 Å². The van der Waals surface area contributed by atoms with Crippen LogP contribution in [0.4, 0.5) is 0 Å². The maximum Gasteiger partial charge on any atom is 0.127 e. The molecule has 0 fully saturated rings. The van der Waals surface area contributed by atoms with Gasteiger partial charge in [-0.1, -0.05) is 31.5 Å². The van der Waals surface area contributed by atoms with Crippen LogP contribution in [0, 0.1) is 6.92 Å². The highest BCUT2D eigenvalue weighted by Crippen LogP contribution is 2.25. The van der Waals surface area contributed by atoms with Crippen molar-refractivity contribution in [2.24, 2.45) is 0 Å². The van der Waals surface area contributed by atoms with Gasteiger partial charge < -0.3 is 10.1 Å². The van der Waals surface area contributed by atoms with Gasteiger partial charge in [0.05, 0.1) is 6.10 Å². The number of ether oxygens (including phenoxy) is 1. The molecular formula is C14H23NO. The van der Waals surface area contributed by atoms with Crippen molar-refractivity contribution in [1.82, 2.24) is 5.32 Å². The molecule has 1 rings (SSSR count). The maximum atomic E-state index is 6.03. The quantitative estimate of drug-likeness (QED) is 0.796. The SMILES string of the molecule is CCCC(C)Oc1c(C)cccc1CNC. The predicted octanol–water partition coefficient (Wildman–Crippen LogP) is 3.28. The van der Waals surface area contributed by atoms with Gasteiger partial charge in [0.1, 0.15) is 5.75 Å². The van der Waals surface area contributed by atoms with Crippen LogP contribution in [-0.2, 0) is 6.54 Å². The van der Waals surface area contributed by atoms with Crippen molar-refractivity contribution in [3.8, 4) is 5.75 Å².